The van der Waals surface area contributed by atoms with Crippen LogP contribution in [-0.4, -0.2) is 55.6 Å². The maximum atomic E-state index is 10.4. The summed E-state index contributed by atoms with van der Waals surface area (Å²) in [5, 5.41) is 0. The Morgan fingerprint density at radius 1 is 1.41 bits per heavy atom. The highest BCUT2D eigenvalue weighted by Gasteiger charge is 2.09. The molecule has 1 aromatic rings. The standard InChI is InChI=1S/C12H16N2O3/c15-10-11-1-2-12(13-9-11)17-8-5-14-3-6-16-7-4-14/h1-2,9-10H,3-8H2. The van der Waals surface area contributed by atoms with Crippen LogP contribution in [0.3, 0.4) is 0 Å². The van der Waals surface area contributed by atoms with Gasteiger partial charge in [-0.2, -0.15) is 0 Å². The van der Waals surface area contributed by atoms with E-state index in [4.69, 9.17) is 9.47 Å². The molecule has 5 nitrogen and oxygen atoms in total. The molecule has 1 aliphatic heterocycles. The molecule has 0 radical (unpaired) electrons. The first-order chi connectivity index (χ1) is 8.38. The number of hydrogen-bond acceptors (Lipinski definition) is 5. The van der Waals surface area contributed by atoms with Crippen molar-refractivity contribution in [1.82, 2.24) is 9.88 Å². The van der Waals surface area contributed by atoms with E-state index < -0.39 is 0 Å². The Bertz CT molecular complexity index is 347. The molecule has 1 fully saturated rings. The summed E-state index contributed by atoms with van der Waals surface area (Å²) in [6.07, 6.45) is 2.28. The first-order valence-corrected chi connectivity index (χ1v) is 5.72. The second kappa shape index (κ2) is 6.32. The van der Waals surface area contributed by atoms with Gasteiger partial charge in [-0.15, -0.1) is 0 Å². The number of carbonyl (C=O) groups is 1. The predicted molar refractivity (Wildman–Crippen MR) is 62.4 cm³/mol. The fraction of sp³-hybridized carbons (Fsp3) is 0.500. The fourth-order valence-electron chi connectivity index (χ4n) is 1.65. The van der Waals surface area contributed by atoms with E-state index in [0.717, 1.165) is 39.1 Å². The molecular formula is C12H16N2O3. The first-order valence-electron chi connectivity index (χ1n) is 5.72. The first kappa shape index (κ1) is 12.0. The van der Waals surface area contributed by atoms with Gasteiger partial charge >= 0.3 is 0 Å². The van der Waals surface area contributed by atoms with Crippen molar-refractivity contribution >= 4 is 6.29 Å². The number of pyridine rings is 1. The van der Waals surface area contributed by atoms with E-state index in [-0.39, 0.29) is 0 Å². The topological polar surface area (TPSA) is 51.7 Å². The average molecular weight is 236 g/mol. The molecule has 0 bridgehead atoms. The summed E-state index contributed by atoms with van der Waals surface area (Å²) in [4.78, 5) is 16.8. The smallest absolute Gasteiger partial charge is 0.213 e. The molecule has 2 rings (SSSR count). The Kier molecular flexibility index (Phi) is 4.46. The molecule has 0 spiro atoms. The lowest BCUT2D eigenvalue weighted by molar-refractivity contribution is 0.0320. The summed E-state index contributed by atoms with van der Waals surface area (Å²) < 4.78 is 10.8. The zero-order valence-electron chi connectivity index (χ0n) is 9.67. The van der Waals surface area contributed by atoms with Crippen LogP contribution in [0.5, 0.6) is 5.88 Å². The zero-order chi connectivity index (χ0) is 11.9. The molecule has 2 heterocycles. The molecule has 0 unspecified atom stereocenters. The van der Waals surface area contributed by atoms with E-state index >= 15 is 0 Å². The Morgan fingerprint density at radius 3 is 2.88 bits per heavy atom. The van der Waals surface area contributed by atoms with Gasteiger partial charge in [0.25, 0.3) is 0 Å². The number of ether oxygens (including phenoxy) is 2. The van der Waals surface area contributed by atoms with Gasteiger partial charge in [-0.05, 0) is 6.07 Å². The van der Waals surface area contributed by atoms with Gasteiger partial charge in [0, 0.05) is 37.5 Å². The molecule has 5 heteroatoms. The van der Waals surface area contributed by atoms with Gasteiger partial charge in [0.15, 0.2) is 6.29 Å². The second-order valence-electron chi connectivity index (χ2n) is 3.85. The molecule has 0 amide bonds. The molecule has 1 aromatic heterocycles. The lowest BCUT2D eigenvalue weighted by atomic mass is 10.3. The monoisotopic (exact) mass is 236 g/mol. The summed E-state index contributed by atoms with van der Waals surface area (Å²) in [6.45, 7) is 4.99. The van der Waals surface area contributed by atoms with Gasteiger partial charge in [-0.1, -0.05) is 0 Å². The van der Waals surface area contributed by atoms with Crippen LogP contribution in [0.2, 0.25) is 0 Å². The van der Waals surface area contributed by atoms with E-state index in [1.807, 2.05) is 0 Å². The average Bonchev–Trinajstić information content (AvgIpc) is 2.41. The molecule has 0 saturated carbocycles. The second-order valence-corrected chi connectivity index (χ2v) is 3.85. The fourth-order valence-corrected chi connectivity index (χ4v) is 1.65. The van der Waals surface area contributed by atoms with Gasteiger partial charge < -0.3 is 9.47 Å². The summed E-state index contributed by atoms with van der Waals surface area (Å²) >= 11 is 0. The van der Waals surface area contributed by atoms with E-state index in [9.17, 15) is 4.79 Å². The molecule has 0 N–H and O–H groups in total. The minimum atomic E-state index is 0.559. The summed E-state index contributed by atoms with van der Waals surface area (Å²) in [6, 6.07) is 3.41. The van der Waals surface area contributed by atoms with Crippen molar-refractivity contribution in [3.63, 3.8) is 0 Å². The van der Waals surface area contributed by atoms with Gasteiger partial charge in [-0.3, -0.25) is 9.69 Å². The number of aromatic nitrogens is 1. The molecular weight excluding hydrogens is 220 g/mol. The van der Waals surface area contributed by atoms with Crippen LogP contribution in [-0.2, 0) is 4.74 Å². The molecule has 0 atom stereocenters. The van der Waals surface area contributed by atoms with E-state index in [2.05, 4.69) is 9.88 Å². The van der Waals surface area contributed by atoms with Crippen molar-refractivity contribution in [3.8, 4) is 5.88 Å². The van der Waals surface area contributed by atoms with Crippen LogP contribution in [0, 0.1) is 0 Å². The highest BCUT2D eigenvalue weighted by Crippen LogP contribution is 2.06. The van der Waals surface area contributed by atoms with E-state index in [0.29, 0.717) is 18.1 Å². The Hall–Kier alpha value is -1.46. The van der Waals surface area contributed by atoms with Crippen molar-refractivity contribution in [2.24, 2.45) is 0 Å². The van der Waals surface area contributed by atoms with Gasteiger partial charge in [0.1, 0.15) is 6.61 Å². The van der Waals surface area contributed by atoms with Crippen molar-refractivity contribution in [2.45, 2.75) is 0 Å². The lowest BCUT2D eigenvalue weighted by Gasteiger charge is -2.26. The van der Waals surface area contributed by atoms with Crippen LogP contribution in [0.25, 0.3) is 0 Å². The summed E-state index contributed by atoms with van der Waals surface area (Å²) in [5.41, 5.74) is 0.561. The SMILES string of the molecule is O=Cc1ccc(OCCN2CCOCC2)nc1. The Balaban J connectivity index is 1.71. The number of aldehydes is 1. The lowest BCUT2D eigenvalue weighted by Crippen LogP contribution is -2.38. The van der Waals surface area contributed by atoms with E-state index in [1.165, 1.54) is 6.20 Å². The molecule has 0 aliphatic carbocycles. The molecule has 92 valence electrons. The summed E-state index contributed by atoms with van der Waals surface area (Å²) in [7, 11) is 0. The summed E-state index contributed by atoms with van der Waals surface area (Å²) in [5.74, 6) is 0.559. The zero-order valence-corrected chi connectivity index (χ0v) is 9.67. The molecule has 17 heavy (non-hydrogen) atoms. The minimum absolute atomic E-state index is 0.559. The van der Waals surface area contributed by atoms with Crippen LogP contribution in [0.4, 0.5) is 0 Å². The highest BCUT2D eigenvalue weighted by atomic mass is 16.5. The number of hydrogen-bond donors (Lipinski definition) is 0. The van der Waals surface area contributed by atoms with Crippen molar-refractivity contribution in [2.75, 3.05) is 39.5 Å². The molecule has 1 aliphatic rings. The normalized spacial score (nSPS) is 16.7. The van der Waals surface area contributed by atoms with Crippen LogP contribution in [0.15, 0.2) is 18.3 Å². The van der Waals surface area contributed by atoms with Crippen LogP contribution >= 0.6 is 0 Å². The molecule has 1 saturated heterocycles. The van der Waals surface area contributed by atoms with E-state index in [1.54, 1.807) is 12.1 Å². The van der Waals surface area contributed by atoms with Gasteiger partial charge in [0.05, 0.1) is 13.2 Å². The third-order valence-electron chi connectivity index (χ3n) is 2.66. The van der Waals surface area contributed by atoms with Crippen LogP contribution < -0.4 is 4.74 Å². The van der Waals surface area contributed by atoms with Crippen molar-refractivity contribution in [3.05, 3.63) is 23.9 Å². The molecule has 0 aromatic carbocycles. The number of nitrogens with zero attached hydrogens (tertiary/aromatic N) is 2. The van der Waals surface area contributed by atoms with Crippen molar-refractivity contribution in [1.29, 1.82) is 0 Å². The Labute approximate surface area is 100 Å². The third-order valence-corrected chi connectivity index (χ3v) is 2.66. The quantitative estimate of drug-likeness (QED) is 0.701. The number of rotatable bonds is 5. The largest absolute Gasteiger partial charge is 0.476 e. The highest BCUT2D eigenvalue weighted by molar-refractivity contribution is 5.73. The third kappa shape index (κ3) is 3.80. The van der Waals surface area contributed by atoms with Gasteiger partial charge in [0.2, 0.25) is 5.88 Å². The van der Waals surface area contributed by atoms with Crippen LogP contribution in [0.1, 0.15) is 10.4 Å². The maximum absolute atomic E-state index is 10.4. The van der Waals surface area contributed by atoms with Crippen molar-refractivity contribution < 1.29 is 14.3 Å². The number of carbonyl (C=O) groups excluding carboxylic acids is 1. The predicted octanol–water partition coefficient (Wildman–Crippen LogP) is 0.605. The minimum Gasteiger partial charge on any atom is -0.476 e. The number of morpholine rings is 1. The van der Waals surface area contributed by atoms with Gasteiger partial charge in [-0.25, -0.2) is 4.98 Å². The Morgan fingerprint density at radius 2 is 2.24 bits per heavy atom. The maximum Gasteiger partial charge on any atom is 0.213 e.